The number of nitrogens with zero attached hydrogens (tertiary/aromatic N) is 1. The minimum absolute atomic E-state index is 0.00728. The van der Waals surface area contributed by atoms with E-state index < -0.39 is 60.2 Å². The van der Waals surface area contributed by atoms with Crippen molar-refractivity contribution in [2.45, 2.75) is 69.1 Å². The summed E-state index contributed by atoms with van der Waals surface area (Å²) < 4.78 is 0. The molecule has 0 radical (unpaired) electrons. The van der Waals surface area contributed by atoms with Crippen molar-refractivity contribution >= 4 is 46.5 Å². The fourth-order valence-corrected chi connectivity index (χ4v) is 4.36. The molecule has 2 aromatic rings. The highest BCUT2D eigenvalue weighted by atomic mass is 16.4. The predicted molar refractivity (Wildman–Crippen MR) is 158 cm³/mol. The summed E-state index contributed by atoms with van der Waals surface area (Å²) in [6.07, 6.45) is 2.31. The number of aromatic nitrogens is 1. The third-order valence-corrected chi connectivity index (χ3v) is 6.60. The van der Waals surface area contributed by atoms with Gasteiger partial charge in [-0.2, -0.15) is 0 Å². The number of hydrogen-bond donors (Lipinski definition) is 10. The molecule has 0 spiro atoms. The summed E-state index contributed by atoms with van der Waals surface area (Å²) in [5.41, 5.74) is 23.8. The molecule has 16 nitrogen and oxygen atoms in total. The SMILES string of the molecule is NCCCCC(NC(=O)C(CC(=O)O)NC(=O)C(N)Cc1c[nH]c2ccccc12)C(=O)NC(CCCN=C(N)N)C(=O)O. The molecule has 4 atom stereocenters. The Bertz CT molecular complexity index is 1290. The minimum atomic E-state index is -1.56. The van der Waals surface area contributed by atoms with Gasteiger partial charge < -0.3 is 54.1 Å². The fourth-order valence-electron chi connectivity index (χ4n) is 4.36. The molecule has 0 fully saturated rings. The number of hydrogen-bond acceptors (Lipinski definition) is 8. The molecule has 1 aromatic carbocycles. The lowest BCUT2D eigenvalue weighted by atomic mass is 10.0. The monoisotopic (exact) mass is 603 g/mol. The maximum absolute atomic E-state index is 13.2. The number of carboxylic acid groups (broad SMARTS) is 2. The summed E-state index contributed by atoms with van der Waals surface area (Å²) in [6, 6.07) is 2.22. The number of unbranched alkanes of at least 4 members (excludes halogenated alkanes) is 1. The number of carbonyl (C=O) groups excluding carboxylic acids is 3. The van der Waals surface area contributed by atoms with Gasteiger partial charge in [-0.1, -0.05) is 18.2 Å². The quantitative estimate of drug-likeness (QED) is 0.0487. The molecule has 236 valence electrons. The molecule has 0 aliphatic carbocycles. The summed E-state index contributed by atoms with van der Waals surface area (Å²) >= 11 is 0. The van der Waals surface area contributed by atoms with Crippen LogP contribution in [-0.4, -0.2) is 88.1 Å². The topological polar surface area (TPSA) is 294 Å². The second kappa shape index (κ2) is 17.3. The summed E-state index contributed by atoms with van der Waals surface area (Å²) in [4.78, 5) is 69.3. The fraction of sp³-hybridized carbons (Fsp3) is 0.481. The van der Waals surface area contributed by atoms with Crippen molar-refractivity contribution in [2.75, 3.05) is 13.1 Å². The lowest BCUT2D eigenvalue weighted by Gasteiger charge is -2.24. The lowest BCUT2D eigenvalue weighted by molar-refractivity contribution is -0.143. The van der Waals surface area contributed by atoms with E-state index in [1.807, 2.05) is 24.3 Å². The highest BCUT2D eigenvalue weighted by molar-refractivity contribution is 5.96. The highest BCUT2D eigenvalue weighted by Crippen LogP contribution is 2.19. The molecule has 0 aliphatic rings. The van der Waals surface area contributed by atoms with Gasteiger partial charge in [0.05, 0.1) is 12.5 Å². The molecule has 2 rings (SSSR count). The second-order valence-electron chi connectivity index (χ2n) is 10.0. The summed E-state index contributed by atoms with van der Waals surface area (Å²) in [5.74, 6) is -5.33. The van der Waals surface area contributed by atoms with Crippen molar-refractivity contribution in [1.82, 2.24) is 20.9 Å². The molecular weight excluding hydrogens is 562 g/mol. The van der Waals surface area contributed by atoms with Gasteiger partial charge in [-0.15, -0.1) is 0 Å². The van der Waals surface area contributed by atoms with Gasteiger partial charge in [0, 0.05) is 23.6 Å². The summed E-state index contributed by atoms with van der Waals surface area (Å²) in [5, 5.41) is 27.1. The third kappa shape index (κ3) is 11.6. The van der Waals surface area contributed by atoms with Crippen LogP contribution in [0.15, 0.2) is 35.5 Å². The number of carboxylic acids is 2. The van der Waals surface area contributed by atoms with Crippen LogP contribution in [0, 0.1) is 0 Å². The average Bonchev–Trinajstić information content (AvgIpc) is 3.35. The van der Waals surface area contributed by atoms with E-state index in [9.17, 15) is 34.2 Å². The summed E-state index contributed by atoms with van der Waals surface area (Å²) in [6.45, 7) is 0.467. The Hall–Kier alpha value is -4.70. The molecule has 1 aromatic heterocycles. The number of guanidine groups is 1. The van der Waals surface area contributed by atoms with Gasteiger partial charge in [0.2, 0.25) is 17.7 Å². The van der Waals surface area contributed by atoms with E-state index in [0.717, 1.165) is 16.5 Å². The Balaban J connectivity index is 2.11. The van der Waals surface area contributed by atoms with Crippen LogP contribution in [0.5, 0.6) is 0 Å². The van der Waals surface area contributed by atoms with Crippen molar-refractivity contribution in [3.63, 3.8) is 0 Å². The molecule has 1 heterocycles. The number of nitrogens with one attached hydrogen (secondary N) is 4. The molecule has 43 heavy (non-hydrogen) atoms. The predicted octanol–water partition coefficient (Wildman–Crippen LogP) is -1.77. The maximum atomic E-state index is 13.2. The number of benzene rings is 1. The minimum Gasteiger partial charge on any atom is -0.481 e. The number of H-pyrrole nitrogens is 1. The van der Waals surface area contributed by atoms with Crippen LogP contribution >= 0.6 is 0 Å². The smallest absolute Gasteiger partial charge is 0.326 e. The first kappa shape index (κ1) is 34.5. The van der Waals surface area contributed by atoms with Crippen LogP contribution < -0.4 is 38.9 Å². The molecule has 3 amide bonds. The van der Waals surface area contributed by atoms with Gasteiger partial charge in [-0.05, 0) is 56.7 Å². The van der Waals surface area contributed by atoms with Gasteiger partial charge in [0.15, 0.2) is 5.96 Å². The number of amides is 3. The Morgan fingerprint density at radius 3 is 2.14 bits per heavy atom. The van der Waals surface area contributed by atoms with Crippen molar-refractivity contribution < 1.29 is 34.2 Å². The van der Waals surface area contributed by atoms with Crippen LogP contribution in [0.3, 0.4) is 0 Å². The van der Waals surface area contributed by atoms with E-state index in [1.165, 1.54) is 0 Å². The van der Waals surface area contributed by atoms with Crippen molar-refractivity contribution in [3.05, 3.63) is 36.0 Å². The average molecular weight is 604 g/mol. The van der Waals surface area contributed by atoms with Gasteiger partial charge >= 0.3 is 11.9 Å². The van der Waals surface area contributed by atoms with Gasteiger partial charge in [0.25, 0.3) is 0 Å². The van der Waals surface area contributed by atoms with Gasteiger partial charge in [-0.25, -0.2) is 4.79 Å². The van der Waals surface area contributed by atoms with Gasteiger partial charge in [0.1, 0.15) is 18.1 Å². The van der Waals surface area contributed by atoms with E-state index >= 15 is 0 Å². The number of aliphatic imine (C=N–C) groups is 1. The van der Waals surface area contributed by atoms with Gasteiger partial charge in [-0.3, -0.25) is 24.2 Å². The Morgan fingerprint density at radius 2 is 1.49 bits per heavy atom. The normalized spacial score (nSPS) is 13.7. The van der Waals surface area contributed by atoms with E-state index in [4.69, 9.17) is 22.9 Å². The van der Waals surface area contributed by atoms with E-state index in [2.05, 4.69) is 25.9 Å². The molecule has 0 bridgehead atoms. The first-order valence-corrected chi connectivity index (χ1v) is 13.8. The molecule has 16 heteroatoms. The van der Waals surface area contributed by atoms with Crippen LogP contribution in [0.1, 0.15) is 44.1 Å². The first-order chi connectivity index (χ1) is 20.4. The Labute approximate surface area is 248 Å². The van der Waals surface area contributed by atoms with E-state index in [1.54, 1.807) is 6.20 Å². The number of rotatable bonds is 19. The molecule has 0 aliphatic heterocycles. The van der Waals surface area contributed by atoms with E-state index in [-0.39, 0.29) is 38.2 Å². The van der Waals surface area contributed by atoms with Crippen molar-refractivity contribution in [2.24, 2.45) is 27.9 Å². The van der Waals surface area contributed by atoms with Crippen LogP contribution in [0.25, 0.3) is 10.9 Å². The van der Waals surface area contributed by atoms with Crippen LogP contribution in [0.4, 0.5) is 0 Å². The first-order valence-electron chi connectivity index (χ1n) is 13.8. The van der Waals surface area contributed by atoms with E-state index in [0.29, 0.717) is 19.4 Å². The zero-order valence-electron chi connectivity index (χ0n) is 23.8. The third-order valence-electron chi connectivity index (χ3n) is 6.60. The largest absolute Gasteiger partial charge is 0.481 e. The zero-order valence-corrected chi connectivity index (χ0v) is 23.8. The second-order valence-corrected chi connectivity index (χ2v) is 10.0. The molecule has 4 unspecified atom stereocenters. The van der Waals surface area contributed by atoms with Crippen molar-refractivity contribution in [3.8, 4) is 0 Å². The van der Waals surface area contributed by atoms with Crippen LogP contribution in [0.2, 0.25) is 0 Å². The number of fused-ring (bicyclic) bond motifs is 1. The highest BCUT2D eigenvalue weighted by Gasteiger charge is 2.31. The lowest BCUT2D eigenvalue weighted by Crippen LogP contribution is -2.57. The Kier molecular flexibility index (Phi) is 13.9. The standard InChI is InChI=1S/C27H41N9O7/c28-10-4-3-8-19(24(40)35-20(26(42)43)9-5-11-32-27(30)31)34-25(41)21(13-22(37)38)36-23(39)17(29)12-15-14-33-18-7-2-1-6-16(15)18/h1-2,6-7,14,17,19-21,33H,3-5,8-13,28-29H2,(H,34,41)(H,35,40)(H,36,39)(H,37,38)(H,42,43)(H4,30,31,32). The number of aliphatic carboxylic acids is 2. The Morgan fingerprint density at radius 1 is 0.860 bits per heavy atom. The maximum Gasteiger partial charge on any atom is 0.326 e. The number of para-hydroxylation sites is 1. The van der Waals surface area contributed by atoms with Crippen LogP contribution in [-0.2, 0) is 30.4 Å². The number of carbonyl (C=O) groups is 5. The molecule has 0 saturated carbocycles. The summed E-state index contributed by atoms with van der Waals surface area (Å²) in [7, 11) is 0. The molecule has 0 saturated heterocycles. The number of nitrogens with two attached hydrogens (primary N) is 4. The van der Waals surface area contributed by atoms with Crippen molar-refractivity contribution in [1.29, 1.82) is 0 Å². The number of aromatic amines is 1. The molecular formula is C27H41N9O7. The molecule has 14 N–H and O–H groups in total. The zero-order chi connectivity index (χ0) is 31.9.